The number of hydrazone groups is 1. The lowest BCUT2D eigenvalue weighted by molar-refractivity contribution is 0.0954. The van der Waals surface area contributed by atoms with E-state index in [1.54, 1.807) is 43.7 Å². The van der Waals surface area contributed by atoms with Crippen LogP contribution in [0.3, 0.4) is 0 Å². The van der Waals surface area contributed by atoms with Gasteiger partial charge in [-0.3, -0.25) is 4.79 Å². The van der Waals surface area contributed by atoms with Crippen LogP contribution in [-0.2, 0) is 0 Å². The number of rotatable bonds is 6. The molecule has 5 nitrogen and oxygen atoms in total. The first-order valence-electron chi connectivity index (χ1n) is 7.04. The zero-order chi connectivity index (χ0) is 16.7. The third-order valence-electron chi connectivity index (χ3n) is 2.99. The Hall–Kier alpha value is -2.34. The molecule has 0 aromatic heterocycles. The highest BCUT2D eigenvalue weighted by molar-refractivity contribution is 9.10. The number of amides is 1. The number of hydrogen-bond acceptors (Lipinski definition) is 4. The number of hydrogen-bond donors (Lipinski definition) is 1. The van der Waals surface area contributed by atoms with Gasteiger partial charge in [0.2, 0.25) is 0 Å². The fraction of sp³-hybridized carbons (Fsp3) is 0.176. The van der Waals surface area contributed by atoms with Crippen molar-refractivity contribution in [2.45, 2.75) is 6.92 Å². The number of carbonyl (C=O) groups is 1. The third-order valence-corrected chi connectivity index (χ3v) is 3.68. The molecule has 0 aliphatic rings. The summed E-state index contributed by atoms with van der Waals surface area (Å²) >= 11 is 3.33. The molecule has 0 spiro atoms. The fourth-order valence-electron chi connectivity index (χ4n) is 1.91. The Balaban J connectivity index is 2.07. The van der Waals surface area contributed by atoms with Crippen LogP contribution >= 0.6 is 15.9 Å². The first-order valence-corrected chi connectivity index (χ1v) is 7.83. The zero-order valence-corrected chi connectivity index (χ0v) is 14.5. The van der Waals surface area contributed by atoms with Crippen LogP contribution in [0.1, 0.15) is 22.8 Å². The van der Waals surface area contributed by atoms with Gasteiger partial charge in [-0.05, 0) is 58.7 Å². The molecule has 0 unspecified atom stereocenters. The third kappa shape index (κ3) is 4.56. The molecule has 2 aromatic rings. The molecule has 0 atom stereocenters. The van der Waals surface area contributed by atoms with Gasteiger partial charge in [-0.25, -0.2) is 5.43 Å². The second kappa shape index (κ2) is 8.33. The van der Waals surface area contributed by atoms with Crippen molar-refractivity contribution in [2.24, 2.45) is 5.10 Å². The van der Waals surface area contributed by atoms with Crippen molar-refractivity contribution in [1.29, 1.82) is 0 Å². The molecule has 0 saturated carbocycles. The van der Waals surface area contributed by atoms with Crippen LogP contribution in [-0.4, -0.2) is 25.8 Å². The van der Waals surface area contributed by atoms with E-state index in [0.29, 0.717) is 23.7 Å². The van der Waals surface area contributed by atoms with Crippen LogP contribution in [0, 0.1) is 0 Å². The lowest BCUT2D eigenvalue weighted by atomic mass is 10.2. The van der Waals surface area contributed by atoms with Crippen molar-refractivity contribution in [3.05, 3.63) is 58.1 Å². The number of ether oxygens (including phenoxy) is 2. The zero-order valence-electron chi connectivity index (χ0n) is 12.9. The molecule has 0 fully saturated rings. The van der Waals surface area contributed by atoms with E-state index in [1.807, 2.05) is 19.1 Å². The van der Waals surface area contributed by atoms with Crippen molar-refractivity contribution < 1.29 is 14.3 Å². The molecule has 1 amide bonds. The Morgan fingerprint density at radius 1 is 1.26 bits per heavy atom. The molecule has 0 radical (unpaired) electrons. The van der Waals surface area contributed by atoms with E-state index in [-0.39, 0.29) is 5.91 Å². The van der Waals surface area contributed by atoms with Gasteiger partial charge in [-0.15, -0.1) is 0 Å². The normalized spacial score (nSPS) is 10.6. The summed E-state index contributed by atoms with van der Waals surface area (Å²) in [6, 6.07) is 12.6. The maximum atomic E-state index is 12.0. The van der Waals surface area contributed by atoms with E-state index in [0.717, 1.165) is 10.0 Å². The molecule has 0 aliphatic heterocycles. The van der Waals surface area contributed by atoms with E-state index in [1.165, 1.54) is 0 Å². The number of benzene rings is 2. The molecule has 120 valence electrons. The Morgan fingerprint density at radius 2 is 2.04 bits per heavy atom. The SMILES string of the molecule is CCOc1cc(/C=N/NC(=O)c2ccccc2Br)ccc1OC. The summed E-state index contributed by atoms with van der Waals surface area (Å²) in [5, 5.41) is 3.97. The Labute approximate surface area is 143 Å². The first kappa shape index (κ1) is 17.0. The molecule has 0 bridgehead atoms. The summed E-state index contributed by atoms with van der Waals surface area (Å²) in [6.45, 7) is 2.44. The van der Waals surface area contributed by atoms with Crippen molar-refractivity contribution >= 4 is 28.1 Å². The van der Waals surface area contributed by atoms with Gasteiger partial charge in [-0.2, -0.15) is 5.10 Å². The van der Waals surface area contributed by atoms with Gasteiger partial charge in [0.15, 0.2) is 11.5 Å². The summed E-state index contributed by atoms with van der Waals surface area (Å²) in [5.74, 6) is 1.00. The highest BCUT2D eigenvalue weighted by Crippen LogP contribution is 2.27. The van der Waals surface area contributed by atoms with Crippen molar-refractivity contribution in [3.63, 3.8) is 0 Å². The minimum absolute atomic E-state index is 0.285. The molecular formula is C17H17BrN2O3. The van der Waals surface area contributed by atoms with Gasteiger partial charge >= 0.3 is 0 Å². The molecule has 0 aliphatic carbocycles. The van der Waals surface area contributed by atoms with Crippen molar-refractivity contribution in [2.75, 3.05) is 13.7 Å². The van der Waals surface area contributed by atoms with E-state index < -0.39 is 0 Å². The van der Waals surface area contributed by atoms with Gasteiger partial charge in [-0.1, -0.05) is 12.1 Å². The van der Waals surface area contributed by atoms with Crippen LogP contribution in [0.2, 0.25) is 0 Å². The van der Waals surface area contributed by atoms with Gasteiger partial charge in [0.05, 0.1) is 25.5 Å². The highest BCUT2D eigenvalue weighted by atomic mass is 79.9. The largest absolute Gasteiger partial charge is 0.493 e. The fourth-order valence-corrected chi connectivity index (χ4v) is 2.38. The van der Waals surface area contributed by atoms with Crippen molar-refractivity contribution in [3.8, 4) is 11.5 Å². The van der Waals surface area contributed by atoms with Crippen LogP contribution in [0.15, 0.2) is 52.0 Å². The molecule has 0 heterocycles. The Bertz CT molecular complexity index is 717. The highest BCUT2D eigenvalue weighted by Gasteiger charge is 2.08. The Kier molecular flexibility index (Phi) is 6.17. The Morgan fingerprint density at radius 3 is 2.74 bits per heavy atom. The topological polar surface area (TPSA) is 59.9 Å². The number of carbonyl (C=O) groups excluding carboxylic acids is 1. The van der Waals surface area contributed by atoms with Gasteiger partial charge in [0, 0.05) is 4.47 Å². The minimum Gasteiger partial charge on any atom is -0.493 e. The molecular weight excluding hydrogens is 360 g/mol. The predicted molar refractivity (Wildman–Crippen MR) is 93.4 cm³/mol. The van der Waals surface area contributed by atoms with Crippen LogP contribution in [0.5, 0.6) is 11.5 Å². The molecule has 1 N–H and O–H groups in total. The average molecular weight is 377 g/mol. The van der Waals surface area contributed by atoms with E-state index in [4.69, 9.17) is 9.47 Å². The smallest absolute Gasteiger partial charge is 0.272 e. The monoisotopic (exact) mass is 376 g/mol. The van der Waals surface area contributed by atoms with Crippen LogP contribution in [0.25, 0.3) is 0 Å². The van der Waals surface area contributed by atoms with Crippen LogP contribution < -0.4 is 14.9 Å². The summed E-state index contributed by atoms with van der Waals surface area (Å²) in [4.78, 5) is 12.0. The lowest BCUT2D eigenvalue weighted by Crippen LogP contribution is -2.18. The lowest BCUT2D eigenvalue weighted by Gasteiger charge is -2.09. The van der Waals surface area contributed by atoms with E-state index in [2.05, 4.69) is 26.5 Å². The molecule has 2 aromatic carbocycles. The van der Waals surface area contributed by atoms with E-state index >= 15 is 0 Å². The molecule has 6 heteroatoms. The van der Waals surface area contributed by atoms with Gasteiger partial charge in [0.25, 0.3) is 5.91 Å². The standard InChI is InChI=1S/C17H17BrN2O3/c1-3-23-16-10-12(8-9-15(16)22-2)11-19-20-17(21)13-6-4-5-7-14(13)18/h4-11H,3H2,1-2H3,(H,20,21)/b19-11+. The van der Waals surface area contributed by atoms with Crippen LogP contribution in [0.4, 0.5) is 0 Å². The van der Waals surface area contributed by atoms with Crippen molar-refractivity contribution in [1.82, 2.24) is 5.43 Å². The average Bonchev–Trinajstić information content (AvgIpc) is 2.56. The number of halogens is 1. The molecule has 2 rings (SSSR count). The number of nitrogens with zero attached hydrogens (tertiary/aromatic N) is 1. The predicted octanol–water partition coefficient (Wildman–Crippen LogP) is 3.62. The molecule has 23 heavy (non-hydrogen) atoms. The maximum absolute atomic E-state index is 12.0. The number of methoxy groups -OCH3 is 1. The summed E-state index contributed by atoms with van der Waals surface area (Å²) < 4.78 is 11.4. The summed E-state index contributed by atoms with van der Waals surface area (Å²) in [5.41, 5.74) is 3.81. The second-order valence-corrected chi connectivity index (χ2v) is 5.38. The molecule has 0 saturated heterocycles. The maximum Gasteiger partial charge on any atom is 0.272 e. The van der Waals surface area contributed by atoms with Gasteiger partial charge < -0.3 is 9.47 Å². The second-order valence-electron chi connectivity index (χ2n) is 4.52. The first-order chi connectivity index (χ1) is 11.2. The summed E-state index contributed by atoms with van der Waals surface area (Å²) in [6.07, 6.45) is 1.55. The minimum atomic E-state index is -0.285. The summed E-state index contributed by atoms with van der Waals surface area (Å²) in [7, 11) is 1.59. The number of nitrogens with one attached hydrogen (secondary N) is 1. The quantitative estimate of drug-likeness (QED) is 0.618. The van der Waals surface area contributed by atoms with Gasteiger partial charge in [0.1, 0.15) is 0 Å². The van der Waals surface area contributed by atoms with E-state index in [9.17, 15) is 4.79 Å².